The summed E-state index contributed by atoms with van der Waals surface area (Å²) >= 11 is 0. The number of alkyl halides is 3. The number of amides is 1. The van der Waals surface area contributed by atoms with E-state index in [1.165, 1.54) is 31.4 Å². The highest BCUT2D eigenvalue weighted by molar-refractivity contribution is 7.89. The van der Waals surface area contributed by atoms with E-state index in [2.05, 4.69) is 5.10 Å². The summed E-state index contributed by atoms with van der Waals surface area (Å²) in [4.78, 5) is 25.4. The van der Waals surface area contributed by atoms with Crippen LogP contribution in [0.1, 0.15) is 5.56 Å². The number of aromatic nitrogens is 2. The second-order valence-corrected chi connectivity index (χ2v) is 8.39. The predicted octanol–water partition coefficient (Wildman–Crippen LogP) is 2.09. The topological polar surface area (TPSA) is 119 Å². The first-order valence-electron chi connectivity index (χ1n) is 9.31. The van der Waals surface area contributed by atoms with Crippen LogP contribution in [-0.4, -0.2) is 31.2 Å². The van der Waals surface area contributed by atoms with Gasteiger partial charge in [0.05, 0.1) is 23.3 Å². The second kappa shape index (κ2) is 9.61. The molecule has 0 aliphatic rings. The summed E-state index contributed by atoms with van der Waals surface area (Å²) in [6.07, 6.45) is -4.65. The third-order valence-electron chi connectivity index (χ3n) is 4.44. The third kappa shape index (κ3) is 5.58. The first-order chi connectivity index (χ1) is 15.9. The zero-order chi connectivity index (χ0) is 25.1. The van der Waals surface area contributed by atoms with E-state index in [9.17, 15) is 35.6 Å². The van der Waals surface area contributed by atoms with Crippen LogP contribution in [0.15, 0.2) is 64.3 Å². The van der Waals surface area contributed by atoms with E-state index in [-0.39, 0.29) is 17.0 Å². The van der Waals surface area contributed by atoms with Crippen molar-refractivity contribution < 1.29 is 35.5 Å². The Morgan fingerprint density at radius 1 is 1.09 bits per heavy atom. The fourth-order valence-corrected chi connectivity index (χ4v) is 3.61. The van der Waals surface area contributed by atoms with Gasteiger partial charge in [0.15, 0.2) is 11.6 Å². The number of ether oxygens (including phenoxy) is 1. The molecule has 1 heterocycles. The van der Waals surface area contributed by atoms with Crippen molar-refractivity contribution in [3.05, 3.63) is 76.3 Å². The van der Waals surface area contributed by atoms with Crippen molar-refractivity contribution in [1.82, 2.24) is 20.0 Å². The molecule has 3 aromatic rings. The van der Waals surface area contributed by atoms with Gasteiger partial charge < -0.3 is 4.74 Å². The van der Waals surface area contributed by atoms with Crippen LogP contribution in [0.2, 0.25) is 0 Å². The lowest BCUT2D eigenvalue weighted by atomic mass is 10.1. The number of carbonyl (C=O) groups excluding carboxylic acids is 1. The van der Waals surface area contributed by atoms with E-state index in [4.69, 9.17) is 4.74 Å². The predicted molar refractivity (Wildman–Crippen MR) is 110 cm³/mol. The Kier molecular flexibility index (Phi) is 7.02. The van der Waals surface area contributed by atoms with Gasteiger partial charge in [-0.1, -0.05) is 6.07 Å². The minimum Gasteiger partial charge on any atom is -0.494 e. The van der Waals surface area contributed by atoms with E-state index >= 15 is 0 Å². The molecule has 180 valence electrons. The third-order valence-corrected chi connectivity index (χ3v) is 5.70. The molecule has 2 aromatic carbocycles. The van der Waals surface area contributed by atoms with Crippen LogP contribution < -0.4 is 20.6 Å². The molecule has 0 saturated carbocycles. The molecule has 0 aliphatic carbocycles. The summed E-state index contributed by atoms with van der Waals surface area (Å²) in [7, 11) is -3.13. The van der Waals surface area contributed by atoms with Crippen LogP contribution >= 0.6 is 0 Å². The summed E-state index contributed by atoms with van der Waals surface area (Å²) in [6.45, 7) is -0.742. The van der Waals surface area contributed by atoms with E-state index < -0.39 is 50.5 Å². The van der Waals surface area contributed by atoms with Crippen LogP contribution in [0.4, 0.5) is 17.6 Å². The molecule has 0 bridgehead atoms. The molecular formula is C20H16F4N4O5S. The number of nitrogens with zero attached hydrogens (tertiary/aromatic N) is 2. The lowest BCUT2D eigenvalue weighted by Crippen LogP contribution is -2.44. The molecule has 0 spiro atoms. The number of hydrazine groups is 1. The van der Waals surface area contributed by atoms with E-state index in [0.29, 0.717) is 16.8 Å². The minimum atomic E-state index is -4.65. The van der Waals surface area contributed by atoms with Crippen LogP contribution in [0.25, 0.3) is 11.3 Å². The average molecular weight is 500 g/mol. The summed E-state index contributed by atoms with van der Waals surface area (Å²) in [5.74, 6) is -1.82. The Morgan fingerprint density at radius 2 is 1.76 bits per heavy atom. The smallest absolute Gasteiger partial charge is 0.416 e. The Labute approximate surface area is 190 Å². The Morgan fingerprint density at radius 3 is 2.38 bits per heavy atom. The highest BCUT2D eigenvalue weighted by Crippen LogP contribution is 2.29. The molecular weight excluding hydrogens is 484 g/mol. The maximum Gasteiger partial charge on any atom is 0.416 e. The van der Waals surface area contributed by atoms with Crippen LogP contribution in [0.5, 0.6) is 5.75 Å². The van der Waals surface area contributed by atoms with Crippen LogP contribution in [-0.2, 0) is 27.5 Å². The fourth-order valence-electron chi connectivity index (χ4n) is 2.75. The molecule has 1 aromatic heterocycles. The number of benzene rings is 2. The van der Waals surface area contributed by atoms with Gasteiger partial charge in [-0.05, 0) is 42.5 Å². The Bertz CT molecular complexity index is 1370. The van der Waals surface area contributed by atoms with Gasteiger partial charge in [-0.3, -0.25) is 15.0 Å². The molecule has 9 nitrogen and oxygen atoms in total. The number of hydrogen-bond acceptors (Lipinski definition) is 6. The van der Waals surface area contributed by atoms with Gasteiger partial charge in [0.25, 0.3) is 21.5 Å². The number of rotatable bonds is 7. The van der Waals surface area contributed by atoms with Crippen molar-refractivity contribution in [2.45, 2.75) is 17.6 Å². The number of hydrogen-bond donors (Lipinski definition) is 2. The highest BCUT2D eigenvalue weighted by Gasteiger charge is 2.30. The maximum atomic E-state index is 14.5. The molecule has 0 atom stereocenters. The van der Waals surface area contributed by atoms with Crippen molar-refractivity contribution >= 4 is 15.9 Å². The average Bonchev–Trinajstić information content (AvgIpc) is 2.79. The van der Waals surface area contributed by atoms with Crippen molar-refractivity contribution in [3.8, 4) is 17.0 Å². The fraction of sp³-hybridized carbons (Fsp3) is 0.150. The molecule has 0 unspecified atom stereocenters. The van der Waals surface area contributed by atoms with E-state index in [0.717, 1.165) is 18.2 Å². The van der Waals surface area contributed by atoms with Crippen molar-refractivity contribution in [2.75, 3.05) is 7.11 Å². The van der Waals surface area contributed by atoms with Gasteiger partial charge in [-0.25, -0.2) is 17.5 Å². The molecule has 34 heavy (non-hydrogen) atoms. The van der Waals surface area contributed by atoms with Gasteiger partial charge in [-0.2, -0.15) is 18.3 Å². The number of methoxy groups -OCH3 is 1. The molecule has 14 heteroatoms. The summed E-state index contributed by atoms with van der Waals surface area (Å²) in [5, 5.41) is 3.92. The molecule has 2 N–H and O–H groups in total. The Hall–Kier alpha value is -3.78. The minimum absolute atomic E-state index is 0.00323. The van der Waals surface area contributed by atoms with Crippen LogP contribution in [0.3, 0.4) is 0 Å². The van der Waals surface area contributed by atoms with Gasteiger partial charge in [0.1, 0.15) is 6.54 Å². The molecule has 0 fully saturated rings. The van der Waals surface area contributed by atoms with Crippen molar-refractivity contribution in [2.24, 2.45) is 0 Å². The number of carbonyl (C=O) groups is 1. The lowest BCUT2D eigenvalue weighted by molar-refractivity contribution is -0.137. The normalized spacial score (nSPS) is 11.8. The zero-order valence-electron chi connectivity index (χ0n) is 17.3. The van der Waals surface area contributed by atoms with Crippen molar-refractivity contribution in [1.29, 1.82) is 0 Å². The summed E-state index contributed by atoms with van der Waals surface area (Å²) in [6, 6.07) is 9.12. The van der Waals surface area contributed by atoms with Gasteiger partial charge in [0, 0.05) is 11.6 Å². The quantitative estimate of drug-likeness (QED) is 0.379. The van der Waals surface area contributed by atoms with E-state index in [1.807, 2.05) is 5.43 Å². The second-order valence-electron chi connectivity index (χ2n) is 6.71. The number of sulfonamides is 1. The first-order valence-corrected chi connectivity index (χ1v) is 10.8. The summed E-state index contributed by atoms with van der Waals surface area (Å²) < 4.78 is 82.3. The SMILES string of the molecule is COc1cccc(-c2ccc(=O)n(CC(=O)NNS(=O)(=O)c3ccc(C(F)(F)F)cc3)n2)c1F. The van der Waals surface area contributed by atoms with Gasteiger partial charge in [0.2, 0.25) is 0 Å². The number of nitrogens with one attached hydrogen (secondary N) is 2. The molecule has 1 amide bonds. The van der Waals surface area contributed by atoms with Crippen LogP contribution in [0, 0.1) is 5.82 Å². The number of halogens is 4. The molecule has 0 saturated heterocycles. The largest absolute Gasteiger partial charge is 0.494 e. The molecule has 0 radical (unpaired) electrons. The Balaban J connectivity index is 1.73. The maximum absolute atomic E-state index is 14.5. The standard InChI is InChI=1S/C20H16F4N4O5S/c1-33-16-4-2-3-14(19(16)21)15-9-10-18(30)28(26-15)11-17(29)25-27-34(31,32)13-7-5-12(6-8-13)20(22,23)24/h2-10,27H,11H2,1H3,(H,25,29). The van der Waals surface area contributed by atoms with Gasteiger partial charge >= 0.3 is 6.18 Å². The summed E-state index contributed by atoms with van der Waals surface area (Å²) in [5.41, 5.74) is 0.0664. The molecule has 3 rings (SSSR count). The highest BCUT2D eigenvalue weighted by atomic mass is 32.2. The van der Waals surface area contributed by atoms with Crippen molar-refractivity contribution in [3.63, 3.8) is 0 Å². The zero-order valence-corrected chi connectivity index (χ0v) is 18.1. The first kappa shape index (κ1) is 24.9. The monoisotopic (exact) mass is 500 g/mol. The van der Waals surface area contributed by atoms with E-state index in [1.54, 1.807) is 4.83 Å². The lowest BCUT2D eigenvalue weighted by Gasteiger charge is -2.11. The molecule has 0 aliphatic heterocycles. The van der Waals surface area contributed by atoms with Gasteiger partial charge in [-0.15, -0.1) is 4.83 Å².